The lowest BCUT2D eigenvalue weighted by molar-refractivity contribution is 0.155. The molecule has 1 saturated heterocycles. The third-order valence-corrected chi connectivity index (χ3v) is 4.42. The largest absolute Gasteiger partial charge is 0.329 e. The molecule has 1 aliphatic rings. The fourth-order valence-electron chi connectivity index (χ4n) is 3.51. The molecule has 1 aromatic carbocycles. The molecule has 0 aromatic heterocycles. The molecule has 3 nitrogen and oxygen atoms in total. The molecule has 0 amide bonds. The second kappa shape index (κ2) is 7.21. The van der Waals surface area contributed by atoms with Gasteiger partial charge in [-0.2, -0.15) is 0 Å². The average molecular weight is 275 g/mol. The Morgan fingerprint density at radius 2 is 2.10 bits per heavy atom. The molecule has 0 bridgehead atoms. The number of likely N-dealkylation sites (tertiary alicyclic amines) is 1. The maximum Gasteiger partial charge on any atom is 0.0476 e. The van der Waals surface area contributed by atoms with E-state index in [1.165, 1.54) is 30.5 Å². The molecule has 3 heteroatoms. The van der Waals surface area contributed by atoms with Gasteiger partial charge in [-0.1, -0.05) is 31.2 Å². The fraction of sp³-hybridized carbons (Fsp3) is 0.647. The number of rotatable bonds is 6. The molecule has 112 valence electrons. The van der Waals surface area contributed by atoms with Crippen molar-refractivity contribution in [3.8, 4) is 0 Å². The summed E-state index contributed by atoms with van der Waals surface area (Å²) in [5, 5.41) is 0. The topological polar surface area (TPSA) is 32.5 Å². The summed E-state index contributed by atoms with van der Waals surface area (Å²) in [4.78, 5) is 4.93. The Labute approximate surface area is 123 Å². The first-order valence-corrected chi connectivity index (χ1v) is 7.85. The van der Waals surface area contributed by atoms with Crippen LogP contribution in [0.4, 0.5) is 0 Å². The Hall–Kier alpha value is -0.900. The van der Waals surface area contributed by atoms with Crippen molar-refractivity contribution in [3.63, 3.8) is 0 Å². The van der Waals surface area contributed by atoms with E-state index in [2.05, 4.69) is 55.1 Å². The highest BCUT2D eigenvalue weighted by atomic mass is 15.2. The molecule has 1 heterocycles. The number of likely N-dealkylation sites (N-methyl/N-ethyl adjacent to an activating group) is 1. The summed E-state index contributed by atoms with van der Waals surface area (Å²) in [7, 11) is 4.32. The Kier molecular flexibility index (Phi) is 5.58. The minimum absolute atomic E-state index is 0.374. The summed E-state index contributed by atoms with van der Waals surface area (Å²) in [5.41, 5.74) is 9.02. The van der Waals surface area contributed by atoms with Gasteiger partial charge in [-0.3, -0.25) is 4.90 Å². The van der Waals surface area contributed by atoms with Crippen LogP contribution in [0, 0.1) is 0 Å². The van der Waals surface area contributed by atoms with Gasteiger partial charge in [-0.15, -0.1) is 0 Å². The number of benzene rings is 1. The zero-order chi connectivity index (χ0) is 14.5. The summed E-state index contributed by atoms with van der Waals surface area (Å²) < 4.78 is 0. The zero-order valence-electron chi connectivity index (χ0n) is 13.2. The molecule has 0 spiro atoms. The van der Waals surface area contributed by atoms with Crippen molar-refractivity contribution in [1.29, 1.82) is 0 Å². The van der Waals surface area contributed by atoms with Crippen LogP contribution in [0.2, 0.25) is 0 Å². The normalized spacial score (nSPS) is 21.6. The number of hydrogen-bond acceptors (Lipinski definition) is 3. The highest BCUT2D eigenvalue weighted by Gasteiger charge is 2.31. The average Bonchev–Trinajstić information content (AvgIpc) is 2.88. The van der Waals surface area contributed by atoms with Gasteiger partial charge in [-0.05, 0) is 51.0 Å². The lowest BCUT2D eigenvalue weighted by Gasteiger charge is -2.35. The smallest absolute Gasteiger partial charge is 0.0476 e. The van der Waals surface area contributed by atoms with Crippen LogP contribution in [0.3, 0.4) is 0 Å². The molecule has 1 aromatic rings. The van der Waals surface area contributed by atoms with Crippen molar-refractivity contribution < 1.29 is 0 Å². The maximum atomic E-state index is 6.15. The summed E-state index contributed by atoms with van der Waals surface area (Å²) in [6, 6.07) is 9.81. The van der Waals surface area contributed by atoms with E-state index < -0.39 is 0 Å². The van der Waals surface area contributed by atoms with Gasteiger partial charge in [0.25, 0.3) is 0 Å². The molecule has 2 N–H and O–H groups in total. The molecular formula is C17H29N3. The van der Waals surface area contributed by atoms with Crippen molar-refractivity contribution in [3.05, 3.63) is 35.4 Å². The Morgan fingerprint density at radius 1 is 1.35 bits per heavy atom. The maximum absolute atomic E-state index is 6.15. The van der Waals surface area contributed by atoms with E-state index in [1.807, 2.05) is 0 Å². The SMILES string of the molecule is CCc1ccccc1C(CN)N1CCCC1CN(C)C. The van der Waals surface area contributed by atoms with E-state index in [9.17, 15) is 0 Å². The van der Waals surface area contributed by atoms with E-state index in [1.54, 1.807) is 0 Å². The number of nitrogens with two attached hydrogens (primary N) is 1. The van der Waals surface area contributed by atoms with Crippen LogP contribution in [0.15, 0.2) is 24.3 Å². The molecule has 2 atom stereocenters. The van der Waals surface area contributed by atoms with Crippen LogP contribution in [0.25, 0.3) is 0 Å². The summed E-state index contributed by atoms with van der Waals surface area (Å²) >= 11 is 0. The quantitative estimate of drug-likeness (QED) is 0.864. The highest BCUT2D eigenvalue weighted by Crippen LogP contribution is 2.31. The third-order valence-electron chi connectivity index (χ3n) is 4.42. The van der Waals surface area contributed by atoms with E-state index in [0.29, 0.717) is 18.6 Å². The molecule has 1 aliphatic heterocycles. The first kappa shape index (κ1) is 15.5. The van der Waals surface area contributed by atoms with Crippen LogP contribution in [-0.4, -0.2) is 49.6 Å². The number of nitrogens with zero attached hydrogens (tertiary/aromatic N) is 2. The molecular weight excluding hydrogens is 246 g/mol. The lowest BCUT2D eigenvalue weighted by atomic mass is 9.97. The molecule has 0 saturated carbocycles. The van der Waals surface area contributed by atoms with Crippen LogP contribution in [0.5, 0.6) is 0 Å². The zero-order valence-corrected chi connectivity index (χ0v) is 13.2. The van der Waals surface area contributed by atoms with Crippen LogP contribution in [-0.2, 0) is 6.42 Å². The molecule has 0 radical (unpaired) electrons. The van der Waals surface area contributed by atoms with Gasteiger partial charge in [0.1, 0.15) is 0 Å². The van der Waals surface area contributed by atoms with Gasteiger partial charge in [0.05, 0.1) is 0 Å². The lowest BCUT2D eigenvalue weighted by Crippen LogP contribution is -2.42. The van der Waals surface area contributed by atoms with E-state index in [0.717, 1.165) is 13.0 Å². The van der Waals surface area contributed by atoms with Gasteiger partial charge in [0.2, 0.25) is 0 Å². The Balaban J connectivity index is 2.22. The van der Waals surface area contributed by atoms with Gasteiger partial charge in [0.15, 0.2) is 0 Å². The van der Waals surface area contributed by atoms with E-state index in [4.69, 9.17) is 5.73 Å². The van der Waals surface area contributed by atoms with Gasteiger partial charge < -0.3 is 10.6 Å². The fourth-order valence-corrected chi connectivity index (χ4v) is 3.51. The van der Waals surface area contributed by atoms with Crippen molar-refractivity contribution in [2.45, 2.75) is 38.3 Å². The van der Waals surface area contributed by atoms with Gasteiger partial charge >= 0.3 is 0 Å². The summed E-state index contributed by atoms with van der Waals surface area (Å²) in [5.74, 6) is 0. The second-order valence-electron chi connectivity index (χ2n) is 6.10. The summed E-state index contributed by atoms with van der Waals surface area (Å²) in [6.45, 7) is 5.25. The van der Waals surface area contributed by atoms with Crippen molar-refractivity contribution in [2.75, 3.05) is 33.7 Å². The van der Waals surface area contributed by atoms with Crippen molar-refractivity contribution >= 4 is 0 Å². The predicted octanol–water partition coefficient (Wildman–Crippen LogP) is 2.27. The van der Waals surface area contributed by atoms with Crippen molar-refractivity contribution in [2.24, 2.45) is 5.73 Å². The minimum Gasteiger partial charge on any atom is -0.329 e. The number of hydrogen-bond donors (Lipinski definition) is 1. The molecule has 1 fully saturated rings. The monoisotopic (exact) mass is 275 g/mol. The van der Waals surface area contributed by atoms with Gasteiger partial charge in [0, 0.05) is 25.2 Å². The first-order chi connectivity index (χ1) is 9.67. The third kappa shape index (κ3) is 3.40. The standard InChI is InChI=1S/C17H29N3/c1-4-14-8-5-6-10-16(14)17(12-18)20-11-7-9-15(20)13-19(2)3/h5-6,8,10,15,17H,4,7,9,11-13,18H2,1-3H3. The van der Waals surface area contributed by atoms with E-state index in [-0.39, 0.29) is 0 Å². The van der Waals surface area contributed by atoms with Crippen LogP contribution >= 0.6 is 0 Å². The molecule has 20 heavy (non-hydrogen) atoms. The van der Waals surface area contributed by atoms with Gasteiger partial charge in [-0.25, -0.2) is 0 Å². The first-order valence-electron chi connectivity index (χ1n) is 7.85. The molecule has 2 rings (SSSR count). The Morgan fingerprint density at radius 3 is 2.75 bits per heavy atom. The number of aryl methyl sites for hydroxylation is 1. The predicted molar refractivity (Wildman–Crippen MR) is 85.9 cm³/mol. The van der Waals surface area contributed by atoms with Crippen molar-refractivity contribution in [1.82, 2.24) is 9.80 Å². The molecule has 0 aliphatic carbocycles. The second-order valence-corrected chi connectivity index (χ2v) is 6.10. The van der Waals surface area contributed by atoms with E-state index >= 15 is 0 Å². The van der Waals surface area contributed by atoms with Crippen LogP contribution in [0.1, 0.15) is 36.9 Å². The summed E-state index contributed by atoms with van der Waals surface area (Å²) in [6.07, 6.45) is 3.67. The molecule has 2 unspecified atom stereocenters. The minimum atomic E-state index is 0.374. The van der Waals surface area contributed by atoms with Crippen LogP contribution < -0.4 is 5.73 Å². The Bertz CT molecular complexity index is 416. The highest BCUT2D eigenvalue weighted by molar-refractivity contribution is 5.30.